The Morgan fingerprint density at radius 3 is 3.00 bits per heavy atom. The summed E-state index contributed by atoms with van der Waals surface area (Å²) in [7, 11) is 0. The Hall–Kier alpha value is -0.710. The van der Waals surface area contributed by atoms with Crippen LogP contribution in [0.5, 0.6) is 0 Å². The van der Waals surface area contributed by atoms with E-state index in [9.17, 15) is 4.79 Å². The molecular formula is C14H18ClNO2S. The average molecular weight is 300 g/mol. The molecule has 0 aromatic heterocycles. The zero-order valence-corrected chi connectivity index (χ0v) is 12.5. The minimum absolute atomic E-state index is 0.187. The van der Waals surface area contributed by atoms with Crippen LogP contribution >= 0.6 is 23.4 Å². The maximum absolute atomic E-state index is 11.4. The largest absolute Gasteiger partial charge is 0.465 e. The lowest BCUT2D eigenvalue weighted by Crippen LogP contribution is -2.16. The first-order valence-electron chi connectivity index (χ1n) is 6.49. The van der Waals surface area contributed by atoms with Gasteiger partial charge in [-0.2, -0.15) is 0 Å². The molecule has 1 aliphatic rings. The third-order valence-corrected chi connectivity index (χ3v) is 4.14. The Morgan fingerprint density at radius 2 is 2.32 bits per heavy atom. The van der Waals surface area contributed by atoms with E-state index in [1.54, 1.807) is 0 Å². The van der Waals surface area contributed by atoms with Crippen molar-refractivity contribution in [3.05, 3.63) is 28.8 Å². The molecule has 0 bridgehead atoms. The molecule has 0 saturated heterocycles. The minimum atomic E-state index is -0.187. The van der Waals surface area contributed by atoms with Crippen molar-refractivity contribution < 1.29 is 9.53 Å². The standard InChI is InChI=1S/C14H18ClNO2S/c1-2-18-14(17)9-19-13-7-11(15)4-3-10(13)8-16-12-5-6-12/h3-4,7,12,16H,2,5-6,8-9H2,1H3. The summed E-state index contributed by atoms with van der Waals surface area (Å²) in [6.07, 6.45) is 2.53. The lowest BCUT2D eigenvalue weighted by atomic mass is 10.2. The Bertz CT molecular complexity index is 449. The van der Waals surface area contributed by atoms with Gasteiger partial charge in [-0.25, -0.2) is 0 Å². The smallest absolute Gasteiger partial charge is 0.316 e. The predicted molar refractivity (Wildman–Crippen MR) is 78.7 cm³/mol. The molecule has 104 valence electrons. The molecule has 0 atom stereocenters. The summed E-state index contributed by atoms with van der Waals surface area (Å²) in [6.45, 7) is 3.06. The van der Waals surface area contributed by atoms with E-state index in [4.69, 9.17) is 16.3 Å². The molecule has 2 rings (SSSR count). The molecule has 3 nitrogen and oxygen atoms in total. The molecule has 1 fully saturated rings. The van der Waals surface area contributed by atoms with E-state index in [2.05, 4.69) is 5.32 Å². The highest BCUT2D eigenvalue weighted by Crippen LogP contribution is 2.27. The van der Waals surface area contributed by atoms with Gasteiger partial charge in [-0.15, -0.1) is 11.8 Å². The molecule has 0 unspecified atom stereocenters. The molecule has 5 heteroatoms. The highest BCUT2D eigenvalue weighted by molar-refractivity contribution is 8.00. The van der Waals surface area contributed by atoms with Gasteiger partial charge in [0.1, 0.15) is 0 Å². The number of esters is 1. The number of thioether (sulfide) groups is 1. The molecule has 0 radical (unpaired) electrons. The number of hydrogen-bond acceptors (Lipinski definition) is 4. The molecule has 0 amide bonds. The van der Waals surface area contributed by atoms with Crippen LogP contribution < -0.4 is 5.32 Å². The van der Waals surface area contributed by atoms with Gasteiger partial charge in [-0.05, 0) is 37.5 Å². The van der Waals surface area contributed by atoms with Gasteiger partial charge < -0.3 is 10.1 Å². The second kappa shape index (κ2) is 7.17. The zero-order chi connectivity index (χ0) is 13.7. The topological polar surface area (TPSA) is 38.3 Å². The number of hydrogen-bond donors (Lipinski definition) is 1. The second-order valence-corrected chi connectivity index (χ2v) is 5.95. The van der Waals surface area contributed by atoms with E-state index in [1.807, 2.05) is 25.1 Å². The van der Waals surface area contributed by atoms with E-state index in [0.29, 0.717) is 23.4 Å². The van der Waals surface area contributed by atoms with Crippen molar-refractivity contribution in [1.29, 1.82) is 0 Å². The fourth-order valence-corrected chi connectivity index (χ4v) is 2.82. The maximum atomic E-state index is 11.4. The molecule has 1 aromatic rings. The third kappa shape index (κ3) is 5.05. The third-order valence-electron chi connectivity index (χ3n) is 2.84. The molecular weight excluding hydrogens is 282 g/mol. The maximum Gasteiger partial charge on any atom is 0.316 e. The van der Waals surface area contributed by atoms with Crippen molar-refractivity contribution in [2.75, 3.05) is 12.4 Å². The molecule has 19 heavy (non-hydrogen) atoms. The van der Waals surface area contributed by atoms with Gasteiger partial charge in [0.2, 0.25) is 0 Å². The first-order valence-corrected chi connectivity index (χ1v) is 7.85. The van der Waals surface area contributed by atoms with Crippen molar-refractivity contribution in [2.45, 2.75) is 37.2 Å². The summed E-state index contributed by atoms with van der Waals surface area (Å²) >= 11 is 7.50. The second-order valence-electron chi connectivity index (χ2n) is 4.50. The van der Waals surface area contributed by atoms with Crippen LogP contribution in [0.15, 0.2) is 23.1 Å². The van der Waals surface area contributed by atoms with Crippen LogP contribution in [0.3, 0.4) is 0 Å². The van der Waals surface area contributed by atoms with Crippen molar-refractivity contribution in [3.63, 3.8) is 0 Å². The summed E-state index contributed by atoms with van der Waals surface area (Å²) in [6, 6.07) is 6.49. The summed E-state index contributed by atoms with van der Waals surface area (Å²) in [5, 5.41) is 4.17. The Balaban J connectivity index is 1.95. The first kappa shape index (κ1) is 14.7. The highest BCUT2D eigenvalue weighted by Gasteiger charge is 2.20. The summed E-state index contributed by atoms with van der Waals surface area (Å²) in [4.78, 5) is 12.4. The van der Waals surface area contributed by atoms with E-state index in [-0.39, 0.29) is 5.97 Å². The quantitative estimate of drug-likeness (QED) is 0.619. The number of carbonyl (C=O) groups excluding carboxylic acids is 1. The lowest BCUT2D eigenvalue weighted by Gasteiger charge is -2.10. The highest BCUT2D eigenvalue weighted by atomic mass is 35.5. The van der Waals surface area contributed by atoms with Crippen LogP contribution in [-0.4, -0.2) is 24.4 Å². The Morgan fingerprint density at radius 1 is 1.53 bits per heavy atom. The van der Waals surface area contributed by atoms with Gasteiger partial charge in [0.25, 0.3) is 0 Å². The van der Waals surface area contributed by atoms with Crippen LogP contribution in [0.1, 0.15) is 25.3 Å². The van der Waals surface area contributed by atoms with Crippen LogP contribution in [0.2, 0.25) is 5.02 Å². The molecule has 1 N–H and O–H groups in total. The van der Waals surface area contributed by atoms with Gasteiger partial charge in [-0.1, -0.05) is 17.7 Å². The Kier molecular flexibility index (Phi) is 5.55. The number of rotatable bonds is 7. The average Bonchev–Trinajstić information content (AvgIpc) is 3.19. The summed E-state index contributed by atoms with van der Waals surface area (Å²) < 4.78 is 4.93. The normalized spacial score (nSPS) is 14.4. The van der Waals surface area contributed by atoms with Crippen molar-refractivity contribution in [2.24, 2.45) is 0 Å². The van der Waals surface area contributed by atoms with E-state index < -0.39 is 0 Å². The zero-order valence-electron chi connectivity index (χ0n) is 10.9. The van der Waals surface area contributed by atoms with Gasteiger partial charge in [0, 0.05) is 22.5 Å². The van der Waals surface area contributed by atoms with Crippen molar-refractivity contribution in [3.8, 4) is 0 Å². The molecule has 1 aliphatic carbocycles. The molecule has 0 spiro atoms. The summed E-state index contributed by atoms with van der Waals surface area (Å²) in [5.41, 5.74) is 1.19. The first-order chi connectivity index (χ1) is 9.19. The molecule has 0 heterocycles. The van der Waals surface area contributed by atoms with Gasteiger partial charge in [0.15, 0.2) is 0 Å². The number of carbonyl (C=O) groups is 1. The molecule has 0 aliphatic heterocycles. The molecule has 1 saturated carbocycles. The van der Waals surface area contributed by atoms with Crippen LogP contribution in [-0.2, 0) is 16.1 Å². The minimum Gasteiger partial charge on any atom is -0.465 e. The van der Waals surface area contributed by atoms with Crippen LogP contribution in [0, 0.1) is 0 Å². The SMILES string of the molecule is CCOC(=O)CSc1cc(Cl)ccc1CNC1CC1. The molecule has 1 aromatic carbocycles. The van der Waals surface area contributed by atoms with Crippen molar-refractivity contribution >= 4 is 29.3 Å². The Labute approximate surface area is 123 Å². The van der Waals surface area contributed by atoms with Crippen LogP contribution in [0.4, 0.5) is 0 Å². The van der Waals surface area contributed by atoms with E-state index in [1.165, 1.54) is 30.2 Å². The number of benzene rings is 1. The van der Waals surface area contributed by atoms with E-state index in [0.717, 1.165) is 11.4 Å². The number of nitrogens with one attached hydrogen (secondary N) is 1. The summed E-state index contributed by atoms with van der Waals surface area (Å²) in [5.74, 6) is 0.138. The van der Waals surface area contributed by atoms with Gasteiger partial charge in [0.05, 0.1) is 12.4 Å². The van der Waals surface area contributed by atoms with Crippen LogP contribution in [0.25, 0.3) is 0 Å². The monoisotopic (exact) mass is 299 g/mol. The fourth-order valence-electron chi connectivity index (χ4n) is 1.69. The van der Waals surface area contributed by atoms with Gasteiger partial charge >= 0.3 is 5.97 Å². The lowest BCUT2D eigenvalue weighted by molar-refractivity contribution is -0.139. The number of halogens is 1. The van der Waals surface area contributed by atoms with Gasteiger partial charge in [-0.3, -0.25) is 4.79 Å². The van der Waals surface area contributed by atoms with E-state index >= 15 is 0 Å². The number of ether oxygens (including phenoxy) is 1. The fraction of sp³-hybridized carbons (Fsp3) is 0.500. The van der Waals surface area contributed by atoms with Crippen molar-refractivity contribution in [1.82, 2.24) is 5.32 Å². The predicted octanol–water partition coefficient (Wildman–Crippen LogP) is 3.25.